The van der Waals surface area contributed by atoms with Crippen LogP contribution in [0.25, 0.3) is 10.9 Å². The average molecular weight is 643 g/mol. The normalized spacial score (nSPS) is 14.5. The summed E-state index contributed by atoms with van der Waals surface area (Å²) in [5.74, 6) is -1.69. The molecule has 0 saturated carbocycles. The number of hydrogen-bond donors (Lipinski definition) is 1. The molecule has 6 nitrogen and oxygen atoms in total. The van der Waals surface area contributed by atoms with Crippen molar-refractivity contribution in [3.05, 3.63) is 69.5 Å². The number of fused-ring (bicyclic) bond motifs is 1. The van der Waals surface area contributed by atoms with Crippen molar-refractivity contribution in [2.75, 3.05) is 0 Å². The Morgan fingerprint density at radius 1 is 0.895 bits per heavy atom. The molecule has 0 bridgehead atoms. The number of aromatic nitrogens is 1. The van der Waals surface area contributed by atoms with Crippen LogP contribution in [0, 0.1) is 5.21 Å². The Hall–Kier alpha value is -2.83. The van der Waals surface area contributed by atoms with E-state index >= 15 is 0 Å². The van der Waals surface area contributed by atoms with E-state index in [1.807, 2.05) is 0 Å². The maximum Gasteiger partial charge on any atom is 0.502 e. The van der Waals surface area contributed by atoms with Crippen LogP contribution in [0.1, 0.15) is 15.9 Å². The Morgan fingerprint density at radius 2 is 1.47 bits per heavy atom. The number of sulfone groups is 1. The van der Waals surface area contributed by atoms with Gasteiger partial charge < -0.3 is 5.21 Å². The number of carbonyl (C=O) groups excluding carboxylic acids is 1. The van der Waals surface area contributed by atoms with Gasteiger partial charge in [0, 0.05) is 17.1 Å². The molecule has 0 saturated heterocycles. The van der Waals surface area contributed by atoms with Crippen LogP contribution in [-0.2, 0) is 15.5 Å². The Labute approximate surface area is 213 Å². The molecule has 3 rings (SSSR count). The van der Waals surface area contributed by atoms with E-state index in [1.54, 1.807) is 0 Å². The number of amides is 1. The SMILES string of the molecule is O=C(c1ccc2cccnc2c1)[NH+]([O-])c1c(Br)cc(C(F)(C(F)(F)F)C(F)(F)F)cc1S(=O)(=O)C(F)(F)F. The molecule has 0 aliphatic carbocycles. The first-order valence-corrected chi connectivity index (χ1v) is 11.8. The molecule has 1 N–H and O–H groups in total. The van der Waals surface area contributed by atoms with Gasteiger partial charge in [-0.25, -0.2) is 17.6 Å². The van der Waals surface area contributed by atoms with Crippen molar-refractivity contribution in [1.82, 2.24) is 4.98 Å². The topological polar surface area (TPSA) is 91.6 Å². The van der Waals surface area contributed by atoms with E-state index in [4.69, 9.17) is 0 Å². The van der Waals surface area contributed by atoms with Crippen molar-refractivity contribution in [2.24, 2.45) is 0 Å². The Balaban J connectivity index is 2.33. The van der Waals surface area contributed by atoms with Gasteiger partial charge in [0.15, 0.2) is 5.69 Å². The number of hydroxylamine groups is 1. The van der Waals surface area contributed by atoms with Gasteiger partial charge in [-0.05, 0) is 46.3 Å². The lowest BCUT2D eigenvalue weighted by molar-refractivity contribution is -0.682. The fourth-order valence-electron chi connectivity index (χ4n) is 3.28. The first-order chi connectivity index (χ1) is 17.1. The lowest BCUT2D eigenvalue weighted by Crippen LogP contribution is -3.05. The number of nitrogens with one attached hydrogen (secondary N) is 1. The minimum atomic E-state index is -6.92. The van der Waals surface area contributed by atoms with Gasteiger partial charge in [0.2, 0.25) is 0 Å². The predicted octanol–water partition coefficient (Wildman–Crippen LogP) is 5.43. The number of alkyl halides is 10. The van der Waals surface area contributed by atoms with Gasteiger partial charge in [0.25, 0.3) is 9.84 Å². The summed E-state index contributed by atoms with van der Waals surface area (Å²) >= 11 is 2.25. The summed E-state index contributed by atoms with van der Waals surface area (Å²) in [5, 5.41) is 11.2. The Kier molecular flexibility index (Phi) is 7.37. The molecule has 2 aromatic carbocycles. The fourth-order valence-corrected chi connectivity index (χ4v) is 5.05. The highest BCUT2D eigenvalue weighted by molar-refractivity contribution is 9.10. The van der Waals surface area contributed by atoms with Gasteiger partial charge in [-0.3, -0.25) is 10.0 Å². The van der Waals surface area contributed by atoms with Crippen molar-refractivity contribution in [2.45, 2.75) is 28.4 Å². The van der Waals surface area contributed by atoms with Crippen LogP contribution in [0.15, 0.2) is 58.0 Å². The maximum absolute atomic E-state index is 14.6. The van der Waals surface area contributed by atoms with Crippen LogP contribution in [-0.4, -0.2) is 37.2 Å². The van der Waals surface area contributed by atoms with E-state index in [0.29, 0.717) is 5.39 Å². The van der Waals surface area contributed by atoms with Gasteiger partial charge in [0.1, 0.15) is 4.90 Å². The molecule has 1 unspecified atom stereocenters. The first kappa shape index (κ1) is 29.7. The maximum atomic E-state index is 14.6. The molecule has 18 heteroatoms. The second kappa shape index (κ2) is 9.42. The van der Waals surface area contributed by atoms with Crippen LogP contribution < -0.4 is 5.06 Å². The van der Waals surface area contributed by atoms with Crippen molar-refractivity contribution in [3.8, 4) is 0 Å². The number of nitrogens with zero attached hydrogens (tertiary/aromatic N) is 1. The van der Waals surface area contributed by atoms with Crippen LogP contribution >= 0.6 is 15.9 Å². The molecule has 38 heavy (non-hydrogen) atoms. The highest BCUT2D eigenvalue weighted by Crippen LogP contribution is 2.54. The third-order valence-electron chi connectivity index (χ3n) is 5.13. The van der Waals surface area contributed by atoms with E-state index < -0.39 is 76.6 Å². The zero-order valence-electron chi connectivity index (χ0n) is 17.8. The smallest absolute Gasteiger partial charge is 0.502 e. The average Bonchev–Trinajstić information content (AvgIpc) is 2.79. The number of halogens is 11. The largest absolute Gasteiger partial charge is 0.621 e. The molecular weight excluding hydrogens is 634 g/mol. The van der Waals surface area contributed by atoms with E-state index in [0.717, 1.165) is 12.1 Å². The summed E-state index contributed by atoms with van der Waals surface area (Å²) in [7, 11) is -6.92. The van der Waals surface area contributed by atoms with Gasteiger partial charge in [-0.2, -0.15) is 39.5 Å². The van der Waals surface area contributed by atoms with E-state index in [1.165, 1.54) is 24.4 Å². The molecule has 206 valence electrons. The van der Waals surface area contributed by atoms with Crippen LogP contribution in [0.2, 0.25) is 0 Å². The van der Waals surface area contributed by atoms with Crippen molar-refractivity contribution in [1.29, 1.82) is 0 Å². The first-order valence-electron chi connectivity index (χ1n) is 9.56. The van der Waals surface area contributed by atoms with Crippen molar-refractivity contribution >= 4 is 48.3 Å². The summed E-state index contributed by atoms with van der Waals surface area (Å²) in [4.78, 5) is 14.1. The summed E-state index contributed by atoms with van der Waals surface area (Å²) in [6.45, 7) is 0. The summed E-state index contributed by atoms with van der Waals surface area (Å²) in [6, 6.07) is 4.94. The molecular formula is C20H9BrF10N2O4S. The highest BCUT2D eigenvalue weighted by atomic mass is 79.9. The molecule has 1 heterocycles. The molecule has 0 aliphatic rings. The lowest BCUT2D eigenvalue weighted by atomic mass is 9.94. The fraction of sp³-hybridized carbons (Fsp3) is 0.200. The van der Waals surface area contributed by atoms with Gasteiger partial charge >= 0.3 is 29.4 Å². The molecule has 1 aromatic heterocycles. The third kappa shape index (κ3) is 4.85. The second-order valence-electron chi connectivity index (χ2n) is 7.50. The monoisotopic (exact) mass is 642 g/mol. The van der Waals surface area contributed by atoms with Gasteiger partial charge in [-0.15, -0.1) is 0 Å². The van der Waals surface area contributed by atoms with E-state index in [2.05, 4.69) is 20.9 Å². The minimum Gasteiger partial charge on any atom is -0.621 e. The number of carbonyl (C=O) groups is 1. The molecule has 1 amide bonds. The van der Waals surface area contributed by atoms with Gasteiger partial charge in [-0.1, -0.05) is 12.1 Å². The molecule has 0 fully saturated rings. The zero-order valence-corrected chi connectivity index (χ0v) is 20.2. The van der Waals surface area contributed by atoms with Crippen LogP contribution in [0.4, 0.5) is 49.6 Å². The van der Waals surface area contributed by atoms with Crippen LogP contribution in [0.5, 0.6) is 0 Å². The number of rotatable bonds is 4. The van der Waals surface area contributed by atoms with Crippen molar-refractivity contribution in [3.63, 3.8) is 0 Å². The van der Waals surface area contributed by atoms with Crippen molar-refractivity contribution < 1.29 is 62.2 Å². The number of benzene rings is 2. The van der Waals surface area contributed by atoms with E-state index in [9.17, 15) is 62.3 Å². The quantitative estimate of drug-likeness (QED) is 0.303. The highest BCUT2D eigenvalue weighted by Gasteiger charge is 2.74. The number of quaternary nitrogens is 1. The summed E-state index contributed by atoms with van der Waals surface area (Å²) in [5.41, 5.74) is -17.6. The summed E-state index contributed by atoms with van der Waals surface area (Å²) in [6.07, 6.45) is -12.4. The predicted molar refractivity (Wildman–Crippen MR) is 112 cm³/mol. The second-order valence-corrected chi connectivity index (χ2v) is 10.3. The molecule has 3 aromatic rings. The minimum absolute atomic E-state index is 0.0984. The molecule has 0 radical (unpaired) electrons. The molecule has 0 spiro atoms. The number of pyridine rings is 1. The zero-order chi connectivity index (χ0) is 29.1. The van der Waals surface area contributed by atoms with Crippen LogP contribution in [0.3, 0.4) is 0 Å². The lowest BCUT2D eigenvalue weighted by Gasteiger charge is -2.31. The number of hydrogen-bond acceptors (Lipinski definition) is 5. The van der Waals surface area contributed by atoms with E-state index in [-0.39, 0.29) is 11.6 Å². The molecule has 0 aliphatic heterocycles. The standard InChI is InChI=1S/C20H9BrF10N2O4S/c21-12-7-11(17(22,18(23,24)25)19(26,27)28)8-14(38(36,37)20(29,30)31)15(12)33(35)16(34)10-4-3-9-2-1-5-32-13(9)6-10/h1-8,33H. The molecule has 1 atom stereocenters. The summed E-state index contributed by atoms with van der Waals surface area (Å²) < 4.78 is 157. The Morgan fingerprint density at radius 3 is 2.00 bits per heavy atom. The Bertz CT molecular complexity index is 1510. The third-order valence-corrected chi connectivity index (χ3v) is 7.26. The van der Waals surface area contributed by atoms with Gasteiger partial charge in [0.05, 0.1) is 15.6 Å².